The molecule has 0 fully saturated rings. The zero-order valence-electron chi connectivity index (χ0n) is 12.5. The average Bonchev–Trinajstić information content (AvgIpc) is 2.48. The smallest absolute Gasteiger partial charge is 0.460 e. The Morgan fingerprint density at radius 1 is 0.926 bits per heavy atom. The van der Waals surface area contributed by atoms with Gasteiger partial charge in [0.25, 0.3) is 0 Å². The van der Waals surface area contributed by atoms with Gasteiger partial charge in [0.1, 0.15) is 6.04 Å². The van der Waals surface area contributed by atoms with E-state index in [1.807, 2.05) is 0 Å². The molecule has 27 heavy (non-hydrogen) atoms. The number of nitrogens with two attached hydrogens (primary N) is 1. The number of aliphatic hydroxyl groups excluding tert-OH is 1. The average molecular weight is 445 g/mol. The van der Waals surface area contributed by atoms with Crippen LogP contribution in [0.15, 0.2) is 11.0 Å². The maximum Gasteiger partial charge on any atom is 0.460 e. The monoisotopic (exact) mass is 445 g/mol. The number of carboxylic acids is 1. The third kappa shape index (κ3) is 4.59. The van der Waals surface area contributed by atoms with Crippen LogP contribution in [0, 0.1) is 0 Å². The van der Waals surface area contributed by atoms with Crippen LogP contribution in [0.25, 0.3) is 0 Å². The van der Waals surface area contributed by atoms with E-state index in [2.05, 4.69) is 0 Å². The number of carboxylic acid groups (broad SMARTS) is 1. The Balaban J connectivity index is 6.10. The van der Waals surface area contributed by atoms with Gasteiger partial charge < -0.3 is 15.9 Å². The van der Waals surface area contributed by atoms with Gasteiger partial charge in [-0.05, 0) is 6.08 Å². The highest BCUT2D eigenvalue weighted by Gasteiger charge is 2.87. The van der Waals surface area contributed by atoms with Crippen LogP contribution >= 0.6 is 11.8 Å². The zero-order chi connectivity index (χ0) is 22.1. The number of hydrogen-bond acceptors (Lipinski definition) is 4. The van der Waals surface area contributed by atoms with Gasteiger partial charge in [-0.3, -0.25) is 4.79 Å². The molecule has 0 bridgehead atoms. The van der Waals surface area contributed by atoms with Gasteiger partial charge in [-0.2, -0.15) is 48.3 Å². The van der Waals surface area contributed by atoms with Crippen LogP contribution in [0.3, 0.4) is 0 Å². The lowest BCUT2D eigenvalue weighted by Crippen LogP contribution is -2.66. The van der Waals surface area contributed by atoms with Crippen LogP contribution in [0.4, 0.5) is 48.3 Å². The van der Waals surface area contributed by atoms with Crippen LogP contribution in [-0.4, -0.2) is 64.5 Å². The first-order valence-corrected chi connectivity index (χ1v) is 7.28. The molecule has 4 nitrogen and oxygen atoms in total. The van der Waals surface area contributed by atoms with Gasteiger partial charge in [-0.25, -0.2) is 0 Å². The standard InChI is InChI=1S/C11H10F11NO3S/c12-7(13,5(1-2-24)27-3-4(23)6(25)26)8(14,15)9(16,17)10(18,19)11(20,21)22/h1,4,24H,2-3,23H2,(H,25,26)/b5-1+/t4-/m0/s1. The van der Waals surface area contributed by atoms with E-state index in [9.17, 15) is 53.1 Å². The van der Waals surface area contributed by atoms with Crippen molar-refractivity contribution in [3.8, 4) is 0 Å². The maximum absolute atomic E-state index is 13.8. The van der Waals surface area contributed by atoms with E-state index >= 15 is 0 Å². The Bertz CT molecular complexity index is 576. The summed E-state index contributed by atoms with van der Waals surface area (Å²) in [5, 5.41) is 16.9. The topological polar surface area (TPSA) is 83.5 Å². The van der Waals surface area contributed by atoms with Crippen molar-refractivity contribution < 1.29 is 63.3 Å². The molecule has 0 aromatic heterocycles. The largest absolute Gasteiger partial charge is 0.480 e. The van der Waals surface area contributed by atoms with E-state index < -0.39 is 70.9 Å². The number of aliphatic carboxylic acids is 1. The number of allylic oxidation sites excluding steroid dienone is 1. The number of hydrogen-bond donors (Lipinski definition) is 3. The Labute approximate surface area is 147 Å². The summed E-state index contributed by atoms with van der Waals surface area (Å²) in [4.78, 5) is 8.16. The lowest BCUT2D eigenvalue weighted by Gasteiger charge is -2.38. The molecule has 0 radical (unpaired) electrons. The molecule has 160 valence electrons. The number of aliphatic hydroxyl groups is 1. The molecule has 0 aliphatic rings. The number of alkyl halides is 11. The van der Waals surface area contributed by atoms with Crippen molar-refractivity contribution in [1.82, 2.24) is 0 Å². The summed E-state index contributed by atoms with van der Waals surface area (Å²) >= 11 is -0.644. The van der Waals surface area contributed by atoms with Crippen molar-refractivity contribution in [2.75, 3.05) is 12.4 Å². The first-order chi connectivity index (χ1) is 11.8. The molecule has 0 aliphatic carbocycles. The number of carbonyl (C=O) groups is 1. The lowest BCUT2D eigenvalue weighted by atomic mass is 9.97. The molecule has 0 saturated heterocycles. The Morgan fingerprint density at radius 3 is 1.70 bits per heavy atom. The Hall–Kier alpha value is -1.29. The van der Waals surface area contributed by atoms with Gasteiger partial charge in [0.15, 0.2) is 0 Å². The lowest BCUT2D eigenvalue weighted by molar-refractivity contribution is -0.417. The van der Waals surface area contributed by atoms with Gasteiger partial charge >= 0.3 is 35.8 Å². The molecule has 0 saturated carbocycles. The van der Waals surface area contributed by atoms with E-state index in [1.54, 1.807) is 0 Å². The van der Waals surface area contributed by atoms with Crippen LogP contribution in [0.5, 0.6) is 0 Å². The minimum absolute atomic E-state index is 0.283. The number of halogens is 11. The van der Waals surface area contributed by atoms with E-state index in [0.29, 0.717) is 0 Å². The van der Waals surface area contributed by atoms with E-state index in [1.165, 1.54) is 0 Å². The highest BCUT2D eigenvalue weighted by atomic mass is 32.2. The van der Waals surface area contributed by atoms with Gasteiger partial charge in [-0.1, -0.05) is 0 Å². The first kappa shape index (κ1) is 25.7. The predicted molar refractivity (Wildman–Crippen MR) is 69.1 cm³/mol. The summed E-state index contributed by atoms with van der Waals surface area (Å²) in [5.41, 5.74) is 4.87. The molecular formula is C11H10F11NO3S. The molecule has 0 amide bonds. The molecule has 0 aromatic carbocycles. The summed E-state index contributed by atoms with van der Waals surface area (Å²) in [6, 6.07) is -2.02. The molecule has 4 N–H and O–H groups in total. The second-order valence-corrected chi connectivity index (χ2v) is 5.86. The number of thioether (sulfide) groups is 1. The summed E-state index contributed by atoms with van der Waals surface area (Å²) in [7, 11) is 0. The van der Waals surface area contributed by atoms with Crippen molar-refractivity contribution in [2.24, 2.45) is 5.73 Å². The zero-order valence-corrected chi connectivity index (χ0v) is 13.3. The van der Waals surface area contributed by atoms with E-state index in [-0.39, 0.29) is 6.08 Å². The molecule has 0 heterocycles. The molecular weight excluding hydrogens is 435 g/mol. The predicted octanol–water partition coefficient (Wildman–Crippen LogP) is 3.11. The van der Waals surface area contributed by atoms with Crippen molar-refractivity contribution in [1.29, 1.82) is 0 Å². The van der Waals surface area contributed by atoms with E-state index in [0.717, 1.165) is 0 Å². The maximum atomic E-state index is 13.8. The Morgan fingerprint density at radius 2 is 1.37 bits per heavy atom. The van der Waals surface area contributed by atoms with Gasteiger partial charge in [0.05, 0.1) is 11.5 Å². The Kier molecular flexibility index (Phi) is 7.60. The minimum Gasteiger partial charge on any atom is -0.480 e. The number of rotatable bonds is 9. The highest BCUT2D eigenvalue weighted by Crippen LogP contribution is 2.59. The third-order valence-corrected chi connectivity index (χ3v) is 4.12. The quantitative estimate of drug-likeness (QED) is 0.476. The molecule has 0 spiro atoms. The van der Waals surface area contributed by atoms with Crippen LogP contribution in [0.1, 0.15) is 0 Å². The highest BCUT2D eigenvalue weighted by molar-refractivity contribution is 8.03. The fraction of sp³-hybridized carbons (Fsp3) is 0.727. The third-order valence-electron chi connectivity index (χ3n) is 2.86. The normalized spacial score (nSPS) is 16.4. The SMILES string of the molecule is N[C@@H](CS/C(=C/CO)C(F)(F)C(F)(F)C(F)(F)C(F)(F)C(F)(F)F)C(=O)O. The van der Waals surface area contributed by atoms with Gasteiger partial charge in [-0.15, -0.1) is 11.8 Å². The molecule has 0 aromatic rings. The fourth-order valence-electron chi connectivity index (χ4n) is 1.34. The summed E-state index contributed by atoms with van der Waals surface area (Å²) < 4.78 is 142. The molecule has 0 rings (SSSR count). The second-order valence-electron chi connectivity index (χ2n) is 4.80. The van der Waals surface area contributed by atoms with Crippen molar-refractivity contribution in [2.45, 2.75) is 35.9 Å². The first-order valence-electron chi connectivity index (χ1n) is 6.29. The fourth-order valence-corrected chi connectivity index (χ4v) is 2.34. The van der Waals surface area contributed by atoms with Crippen molar-refractivity contribution >= 4 is 17.7 Å². The second kappa shape index (κ2) is 7.98. The molecule has 0 aliphatic heterocycles. The van der Waals surface area contributed by atoms with Gasteiger partial charge in [0, 0.05) is 5.75 Å². The summed E-state index contributed by atoms with van der Waals surface area (Å²) in [5.74, 6) is -31.8. The minimum atomic E-state index is -7.61. The summed E-state index contributed by atoms with van der Waals surface area (Å²) in [6.07, 6.45) is -7.58. The molecule has 16 heteroatoms. The van der Waals surface area contributed by atoms with Crippen molar-refractivity contribution in [3.05, 3.63) is 11.0 Å². The van der Waals surface area contributed by atoms with Gasteiger partial charge in [0.2, 0.25) is 0 Å². The van der Waals surface area contributed by atoms with Crippen LogP contribution in [-0.2, 0) is 4.79 Å². The van der Waals surface area contributed by atoms with Crippen molar-refractivity contribution in [3.63, 3.8) is 0 Å². The molecule has 0 unspecified atom stereocenters. The van der Waals surface area contributed by atoms with Crippen LogP contribution in [0.2, 0.25) is 0 Å². The summed E-state index contributed by atoms with van der Waals surface area (Å²) in [6.45, 7) is -1.54. The van der Waals surface area contributed by atoms with Crippen LogP contribution < -0.4 is 5.73 Å². The van der Waals surface area contributed by atoms with E-state index in [4.69, 9.17) is 15.9 Å². The molecule has 1 atom stereocenters.